The normalized spacial score (nSPS) is 25.5. The first-order chi connectivity index (χ1) is 8.34. The van der Waals surface area contributed by atoms with Gasteiger partial charge in [-0.05, 0) is 40.3 Å². The van der Waals surface area contributed by atoms with Crippen molar-refractivity contribution < 1.29 is 4.74 Å². The molecule has 1 N–H and O–H groups in total. The predicted octanol–water partition coefficient (Wildman–Crippen LogP) is 2.51. The summed E-state index contributed by atoms with van der Waals surface area (Å²) in [6.07, 6.45) is 3.08. The van der Waals surface area contributed by atoms with Gasteiger partial charge in [0.25, 0.3) is 0 Å². The predicted molar refractivity (Wildman–Crippen MR) is 72.5 cm³/mol. The lowest BCUT2D eigenvalue weighted by Gasteiger charge is -2.27. The van der Waals surface area contributed by atoms with Gasteiger partial charge in [-0.15, -0.1) is 0 Å². The Labute approximate surface area is 110 Å². The molecular formula is C14H25N3O. The van der Waals surface area contributed by atoms with Crippen LogP contribution in [-0.4, -0.2) is 27.5 Å². The van der Waals surface area contributed by atoms with Crippen LogP contribution < -0.4 is 5.32 Å². The summed E-state index contributed by atoms with van der Waals surface area (Å²) in [7, 11) is 0. The molecule has 1 aliphatic heterocycles. The molecule has 2 rings (SSSR count). The Bertz CT molecular complexity index is 409. The largest absolute Gasteiger partial charge is 0.367 e. The number of aromatic nitrogens is 2. The Morgan fingerprint density at radius 3 is 2.72 bits per heavy atom. The standard InChI is InChI=1S/C14H25N3O/c1-6-15-10-11-7-8-17(16-11)12-9-13(2,3)18-14(12,4)5/h7-8,12,15H,6,9-10H2,1-5H3. The van der Waals surface area contributed by atoms with E-state index in [1.165, 1.54) is 0 Å². The molecule has 1 atom stereocenters. The van der Waals surface area contributed by atoms with Crippen LogP contribution in [0.15, 0.2) is 12.3 Å². The van der Waals surface area contributed by atoms with E-state index in [4.69, 9.17) is 4.74 Å². The molecular weight excluding hydrogens is 226 g/mol. The highest BCUT2D eigenvalue weighted by atomic mass is 16.5. The van der Waals surface area contributed by atoms with Gasteiger partial charge in [0.2, 0.25) is 0 Å². The molecule has 102 valence electrons. The van der Waals surface area contributed by atoms with E-state index >= 15 is 0 Å². The van der Waals surface area contributed by atoms with E-state index in [2.05, 4.69) is 62.0 Å². The first-order valence-corrected chi connectivity index (χ1v) is 6.79. The smallest absolute Gasteiger partial charge is 0.0857 e. The number of nitrogens with zero attached hydrogens (tertiary/aromatic N) is 2. The highest BCUT2D eigenvalue weighted by Gasteiger charge is 2.47. The third-order valence-electron chi connectivity index (χ3n) is 3.57. The molecule has 18 heavy (non-hydrogen) atoms. The van der Waals surface area contributed by atoms with Crippen molar-refractivity contribution >= 4 is 0 Å². The van der Waals surface area contributed by atoms with Gasteiger partial charge in [0.05, 0.1) is 22.9 Å². The highest BCUT2D eigenvalue weighted by Crippen LogP contribution is 2.44. The summed E-state index contributed by atoms with van der Waals surface area (Å²) < 4.78 is 8.19. The van der Waals surface area contributed by atoms with Gasteiger partial charge < -0.3 is 10.1 Å². The van der Waals surface area contributed by atoms with Crippen molar-refractivity contribution in [2.75, 3.05) is 6.54 Å². The topological polar surface area (TPSA) is 39.1 Å². The fraction of sp³-hybridized carbons (Fsp3) is 0.786. The fourth-order valence-electron chi connectivity index (χ4n) is 2.84. The maximum absolute atomic E-state index is 6.12. The van der Waals surface area contributed by atoms with Crippen LogP contribution >= 0.6 is 0 Å². The SMILES string of the molecule is CCNCc1ccn(C2CC(C)(C)OC2(C)C)n1. The van der Waals surface area contributed by atoms with Crippen molar-refractivity contribution in [3.8, 4) is 0 Å². The quantitative estimate of drug-likeness (QED) is 0.893. The van der Waals surface area contributed by atoms with Gasteiger partial charge in [-0.25, -0.2) is 0 Å². The van der Waals surface area contributed by atoms with Crippen LogP contribution in [0.4, 0.5) is 0 Å². The van der Waals surface area contributed by atoms with E-state index in [0.717, 1.165) is 25.2 Å². The lowest BCUT2D eigenvalue weighted by atomic mass is 9.95. The Kier molecular flexibility index (Phi) is 3.52. The van der Waals surface area contributed by atoms with Crippen LogP contribution in [0, 0.1) is 0 Å². The zero-order valence-electron chi connectivity index (χ0n) is 12.2. The lowest BCUT2D eigenvalue weighted by Crippen LogP contribution is -2.31. The fourth-order valence-corrected chi connectivity index (χ4v) is 2.84. The summed E-state index contributed by atoms with van der Waals surface area (Å²) in [5.74, 6) is 0. The van der Waals surface area contributed by atoms with Gasteiger partial charge in [-0.2, -0.15) is 5.10 Å². The Morgan fingerprint density at radius 1 is 1.44 bits per heavy atom. The molecule has 4 nitrogen and oxygen atoms in total. The van der Waals surface area contributed by atoms with Crippen LogP contribution in [0.5, 0.6) is 0 Å². The second kappa shape index (κ2) is 4.67. The van der Waals surface area contributed by atoms with Crippen molar-refractivity contribution in [1.82, 2.24) is 15.1 Å². The van der Waals surface area contributed by atoms with Gasteiger partial charge in [-0.3, -0.25) is 4.68 Å². The molecule has 1 unspecified atom stereocenters. The molecule has 1 saturated heterocycles. The molecule has 0 amide bonds. The van der Waals surface area contributed by atoms with Crippen LogP contribution in [0.25, 0.3) is 0 Å². The summed E-state index contributed by atoms with van der Waals surface area (Å²) in [6, 6.07) is 2.40. The summed E-state index contributed by atoms with van der Waals surface area (Å²) in [5, 5.41) is 7.96. The first-order valence-electron chi connectivity index (χ1n) is 6.79. The maximum atomic E-state index is 6.12. The van der Waals surface area contributed by atoms with Crippen molar-refractivity contribution in [3.63, 3.8) is 0 Å². The number of hydrogen-bond acceptors (Lipinski definition) is 3. The molecule has 1 aromatic rings. The second-order valence-electron chi connectivity index (χ2n) is 6.25. The van der Waals surface area contributed by atoms with E-state index in [-0.39, 0.29) is 11.2 Å². The molecule has 1 aliphatic rings. The second-order valence-corrected chi connectivity index (χ2v) is 6.25. The number of hydrogen-bond donors (Lipinski definition) is 1. The molecule has 0 aromatic carbocycles. The molecule has 0 aliphatic carbocycles. The van der Waals surface area contributed by atoms with Crippen LogP contribution in [0.1, 0.15) is 52.8 Å². The van der Waals surface area contributed by atoms with Gasteiger partial charge in [0, 0.05) is 19.2 Å². The third kappa shape index (κ3) is 2.75. The zero-order valence-corrected chi connectivity index (χ0v) is 12.2. The van der Waals surface area contributed by atoms with Crippen LogP contribution in [-0.2, 0) is 11.3 Å². The number of nitrogens with one attached hydrogen (secondary N) is 1. The molecule has 0 spiro atoms. The average Bonchev–Trinajstić information content (AvgIpc) is 2.77. The molecule has 0 bridgehead atoms. The van der Waals surface area contributed by atoms with Gasteiger partial charge in [0.1, 0.15) is 0 Å². The number of ether oxygens (including phenoxy) is 1. The first kappa shape index (κ1) is 13.6. The van der Waals surface area contributed by atoms with Crippen LogP contribution in [0.2, 0.25) is 0 Å². The molecule has 2 heterocycles. The van der Waals surface area contributed by atoms with Crippen LogP contribution in [0.3, 0.4) is 0 Å². The van der Waals surface area contributed by atoms with Crippen molar-refractivity contribution in [2.24, 2.45) is 0 Å². The Morgan fingerprint density at radius 2 is 2.17 bits per heavy atom. The zero-order chi connectivity index (χ0) is 13.4. The van der Waals surface area contributed by atoms with E-state index in [1.807, 2.05) is 0 Å². The van der Waals surface area contributed by atoms with Crippen molar-refractivity contribution in [2.45, 2.75) is 64.8 Å². The minimum Gasteiger partial charge on any atom is -0.367 e. The van der Waals surface area contributed by atoms with Crippen molar-refractivity contribution in [3.05, 3.63) is 18.0 Å². The summed E-state index contributed by atoms with van der Waals surface area (Å²) in [6.45, 7) is 12.5. The minimum absolute atomic E-state index is 0.0675. The van der Waals surface area contributed by atoms with E-state index < -0.39 is 0 Å². The minimum atomic E-state index is -0.162. The summed E-state index contributed by atoms with van der Waals surface area (Å²) in [4.78, 5) is 0. The molecule has 0 radical (unpaired) electrons. The van der Waals surface area contributed by atoms with Crippen molar-refractivity contribution in [1.29, 1.82) is 0 Å². The van der Waals surface area contributed by atoms with Gasteiger partial charge >= 0.3 is 0 Å². The summed E-state index contributed by atoms with van der Waals surface area (Å²) >= 11 is 0. The third-order valence-corrected chi connectivity index (χ3v) is 3.57. The highest BCUT2D eigenvalue weighted by molar-refractivity contribution is 5.04. The average molecular weight is 251 g/mol. The molecule has 0 saturated carbocycles. The lowest BCUT2D eigenvalue weighted by molar-refractivity contribution is -0.0737. The van der Waals surface area contributed by atoms with Gasteiger partial charge in [0.15, 0.2) is 0 Å². The van der Waals surface area contributed by atoms with E-state index in [9.17, 15) is 0 Å². The van der Waals surface area contributed by atoms with E-state index in [1.54, 1.807) is 0 Å². The molecule has 4 heteroatoms. The Balaban J connectivity index is 2.14. The number of rotatable bonds is 4. The Hall–Kier alpha value is -0.870. The monoisotopic (exact) mass is 251 g/mol. The maximum Gasteiger partial charge on any atom is 0.0857 e. The summed E-state index contributed by atoms with van der Waals surface area (Å²) in [5.41, 5.74) is 0.866. The molecule has 1 aromatic heterocycles. The molecule has 1 fully saturated rings. The van der Waals surface area contributed by atoms with E-state index in [0.29, 0.717) is 6.04 Å². The van der Waals surface area contributed by atoms with Gasteiger partial charge in [-0.1, -0.05) is 6.92 Å².